The number of amidine groups is 1. The number of hydrogen-bond acceptors (Lipinski definition) is 6. The van der Waals surface area contributed by atoms with Gasteiger partial charge in [-0.15, -0.1) is 0 Å². The van der Waals surface area contributed by atoms with E-state index in [-0.39, 0.29) is 22.9 Å². The van der Waals surface area contributed by atoms with Crippen LogP contribution in [-0.2, 0) is 4.79 Å². The van der Waals surface area contributed by atoms with Crippen molar-refractivity contribution in [3.8, 4) is 5.75 Å². The number of amides is 1. The van der Waals surface area contributed by atoms with E-state index in [2.05, 4.69) is 9.98 Å². The number of thiazole rings is 1. The first-order chi connectivity index (χ1) is 15.5. The normalized spacial score (nSPS) is 14.9. The van der Waals surface area contributed by atoms with Crippen LogP contribution in [0.3, 0.4) is 0 Å². The number of carboxylic acid groups (broad SMARTS) is 1. The van der Waals surface area contributed by atoms with Crippen LogP contribution in [0.2, 0.25) is 0 Å². The molecule has 0 radical (unpaired) electrons. The molecule has 0 saturated heterocycles. The molecule has 0 bridgehead atoms. The number of carbonyl (C=O) groups excluding carboxylic acids is 1. The van der Waals surface area contributed by atoms with Crippen LogP contribution < -0.4 is 4.90 Å². The van der Waals surface area contributed by atoms with Crippen LogP contribution in [0.1, 0.15) is 21.5 Å². The minimum atomic E-state index is -1.03. The molecule has 8 heteroatoms. The van der Waals surface area contributed by atoms with Gasteiger partial charge in [-0.05, 0) is 30.3 Å². The third-order valence-corrected chi connectivity index (χ3v) is 5.94. The summed E-state index contributed by atoms with van der Waals surface area (Å²) in [4.78, 5) is 35.2. The first kappa shape index (κ1) is 19.7. The summed E-state index contributed by atoms with van der Waals surface area (Å²) >= 11 is 1.21. The van der Waals surface area contributed by atoms with Crippen LogP contribution in [0.5, 0.6) is 5.75 Å². The summed E-state index contributed by atoms with van der Waals surface area (Å²) in [6.45, 7) is 0. The van der Waals surface area contributed by atoms with Gasteiger partial charge < -0.3 is 10.2 Å². The first-order valence-electron chi connectivity index (χ1n) is 9.63. The van der Waals surface area contributed by atoms with Crippen LogP contribution in [0.15, 0.2) is 83.5 Å². The van der Waals surface area contributed by atoms with Gasteiger partial charge in [0.05, 0.1) is 15.8 Å². The average molecular weight is 441 g/mol. The molecular weight excluding hydrogens is 426 g/mol. The Labute approximate surface area is 186 Å². The molecular formula is C24H15N3O4S. The van der Waals surface area contributed by atoms with Crippen molar-refractivity contribution in [2.45, 2.75) is 0 Å². The SMILES string of the molecule is O=C(O)c1ccc2nc(N3C(=O)C(=Cc4ccccc4O)N=C3c3ccccc3)sc2c1. The van der Waals surface area contributed by atoms with Gasteiger partial charge in [-0.3, -0.25) is 4.79 Å². The zero-order valence-electron chi connectivity index (χ0n) is 16.5. The van der Waals surface area contributed by atoms with Crippen molar-refractivity contribution in [2.24, 2.45) is 4.99 Å². The number of aromatic carboxylic acids is 1. The van der Waals surface area contributed by atoms with E-state index in [0.29, 0.717) is 26.7 Å². The molecule has 0 unspecified atom stereocenters. The molecule has 1 amide bonds. The number of carbonyl (C=O) groups is 2. The zero-order valence-corrected chi connectivity index (χ0v) is 17.3. The third kappa shape index (κ3) is 3.42. The summed E-state index contributed by atoms with van der Waals surface area (Å²) in [7, 11) is 0. The molecule has 1 aromatic heterocycles. The highest BCUT2D eigenvalue weighted by atomic mass is 32.1. The van der Waals surface area contributed by atoms with E-state index in [0.717, 1.165) is 5.56 Å². The van der Waals surface area contributed by atoms with Crippen LogP contribution in [-0.4, -0.2) is 32.9 Å². The summed E-state index contributed by atoms with van der Waals surface area (Å²) in [5.41, 5.74) is 2.11. The number of rotatable bonds is 4. The largest absolute Gasteiger partial charge is 0.507 e. The van der Waals surface area contributed by atoms with Gasteiger partial charge >= 0.3 is 5.97 Å². The van der Waals surface area contributed by atoms with E-state index >= 15 is 0 Å². The molecule has 4 aromatic rings. The quantitative estimate of drug-likeness (QED) is 0.453. The van der Waals surface area contributed by atoms with Crippen molar-refractivity contribution in [1.29, 1.82) is 0 Å². The second kappa shape index (κ2) is 7.75. The van der Waals surface area contributed by atoms with Crippen molar-refractivity contribution >= 4 is 50.5 Å². The maximum absolute atomic E-state index is 13.4. The van der Waals surface area contributed by atoms with Crippen molar-refractivity contribution < 1.29 is 19.8 Å². The second-order valence-corrected chi connectivity index (χ2v) is 8.02. The van der Waals surface area contributed by atoms with Crippen molar-refractivity contribution in [1.82, 2.24) is 4.98 Å². The van der Waals surface area contributed by atoms with Gasteiger partial charge in [0.15, 0.2) is 5.13 Å². The summed E-state index contributed by atoms with van der Waals surface area (Å²) < 4.78 is 0.651. The number of phenolic OH excluding ortho intramolecular Hbond substituents is 1. The van der Waals surface area contributed by atoms with Crippen molar-refractivity contribution in [3.05, 3.63) is 95.2 Å². The van der Waals surface area contributed by atoms with E-state index in [9.17, 15) is 19.8 Å². The molecule has 7 nitrogen and oxygen atoms in total. The van der Waals surface area contributed by atoms with Crippen LogP contribution >= 0.6 is 11.3 Å². The molecule has 1 aliphatic heterocycles. The maximum atomic E-state index is 13.4. The Bertz CT molecular complexity index is 1440. The number of benzene rings is 3. The molecule has 0 saturated carbocycles. The molecule has 32 heavy (non-hydrogen) atoms. The van der Waals surface area contributed by atoms with Gasteiger partial charge in [-0.25, -0.2) is 19.7 Å². The van der Waals surface area contributed by atoms with Gasteiger partial charge in [0, 0.05) is 11.1 Å². The third-order valence-electron chi connectivity index (χ3n) is 4.94. The number of aliphatic imine (C=N–C) groups is 1. The Morgan fingerprint density at radius 1 is 1.00 bits per heavy atom. The number of aromatic nitrogens is 1. The number of fused-ring (bicyclic) bond motifs is 1. The van der Waals surface area contributed by atoms with Gasteiger partial charge in [0.1, 0.15) is 17.3 Å². The first-order valence-corrected chi connectivity index (χ1v) is 10.4. The molecule has 0 aliphatic carbocycles. The Balaban J connectivity index is 1.64. The van der Waals surface area contributed by atoms with E-state index in [1.165, 1.54) is 34.4 Å². The highest BCUT2D eigenvalue weighted by molar-refractivity contribution is 7.22. The number of carboxylic acids is 1. The molecule has 2 N–H and O–H groups in total. The number of para-hydroxylation sites is 1. The fourth-order valence-corrected chi connectivity index (χ4v) is 4.38. The van der Waals surface area contributed by atoms with Crippen molar-refractivity contribution in [2.75, 3.05) is 4.90 Å². The topological polar surface area (TPSA) is 103 Å². The second-order valence-electron chi connectivity index (χ2n) is 7.01. The van der Waals surface area contributed by atoms with Crippen LogP contribution in [0.4, 0.5) is 5.13 Å². The smallest absolute Gasteiger partial charge is 0.335 e. The number of hydrogen-bond donors (Lipinski definition) is 2. The Morgan fingerprint density at radius 2 is 1.75 bits per heavy atom. The van der Waals surface area contributed by atoms with Gasteiger partial charge in [-0.2, -0.15) is 0 Å². The Kier molecular flexibility index (Phi) is 4.76. The molecule has 0 atom stereocenters. The van der Waals surface area contributed by atoms with Gasteiger partial charge in [-0.1, -0.05) is 59.9 Å². The summed E-state index contributed by atoms with van der Waals surface area (Å²) in [6.07, 6.45) is 1.54. The van der Waals surface area contributed by atoms with E-state index < -0.39 is 5.97 Å². The lowest BCUT2D eigenvalue weighted by Gasteiger charge is -2.14. The summed E-state index contributed by atoms with van der Waals surface area (Å²) in [5.74, 6) is -0.957. The average Bonchev–Trinajstić information content (AvgIpc) is 3.36. The predicted molar refractivity (Wildman–Crippen MR) is 123 cm³/mol. The molecule has 0 spiro atoms. The summed E-state index contributed by atoms with van der Waals surface area (Å²) in [5, 5.41) is 19.8. The monoisotopic (exact) mass is 441 g/mol. The Hall–Kier alpha value is -4.30. The lowest BCUT2D eigenvalue weighted by atomic mass is 10.1. The predicted octanol–water partition coefficient (Wildman–Crippen LogP) is 4.53. The van der Waals surface area contributed by atoms with Crippen LogP contribution in [0, 0.1) is 0 Å². The highest BCUT2D eigenvalue weighted by Gasteiger charge is 2.34. The van der Waals surface area contributed by atoms with E-state index in [1.54, 1.807) is 30.3 Å². The highest BCUT2D eigenvalue weighted by Crippen LogP contribution is 2.35. The molecule has 0 fully saturated rings. The lowest BCUT2D eigenvalue weighted by molar-refractivity contribution is -0.113. The molecule has 1 aliphatic rings. The molecule has 2 heterocycles. The van der Waals surface area contributed by atoms with E-state index in [4.69, 9.17) is 0 Å². The lowest BCUT2D eigenvalue weighted by Crippen LogP contribution is -2.32. The van der Waals surface area contributed by atoms with E-state index in [1.807, 2.05) is 30.3 Å². The van der Waals surface area contributed by atoms with Gasteiger partial charge in [0.2, 0.25) is 0 Å². The number of anilines is 1. The minimum absolute atomic E-state index is 0.0453. The fourth-order valence-electron chi connectivity index (χ4n) is 3.37. The maximum Gasteiger partial charge on any atom is 0.335 e. The summed E-state index contributed by atoms with van der Waals surface area (Å²) in [6, 6.07) is 20.6. The molecule has 3 aromatic carbocycles. The zero-order chi connectivity index (χ0) is 22.2. The van der Waals surface area contributed by atoms with Gasteiger partial charge in [0.25, 0.3) is 5.91 Å². The standard InChI is InChI=1S/C24H15N3O4S/c28-19-9-5-4-8-15(19)12-18-22(29)27(21(25-18)14-6-2-1-3-7-14)24-26-17-11-10-16(23(30)31)13-20(17)32-24/h1-13,28H,(H,30,31). The fraction of sp³-hybridized carbons (Fsp3) is 0. The minimum Gasteiger partial charge on any atom is -0.507 e. The number of aromatic hydroxyl groups is 1. The van der Waals surface area contributed by atoms with Crippen molar-refractivity contribution in [3.63, 3.8) is 0 Å². The molecule has 156 valence electrons. The number of phenols is 1. The Morgan fingerprint density at radius 3 is 2.50 bits per heavy atom. The molecule has 5 rings (SSSR count). The van der Waals surface area contributed by atoms with Crippen LogP contribution in [0.25, 0.3) is 16.3 Å². The number of nitrogens with zero attached hydrogens (tertiary/aromatic N) is 3.